The largest absolute Gasteiger partial charge is 0.339 e. The van der Waals surface area contributed by atoms with Crippen LogP contribution in [0.2, 0.25) is 10.0 Å². The molecule has 0 atom stereocenters. The van der Waals surface area contributed by atoms with E-state index in [4.69, 9.17) is 23.2 Å². The minimum atomic E-state index is -0.525. The molecule has 1 aliphatic heterocycles. The molecule has 0 fully saturated rings. The molecular weight excluding hydrogens is 426 g/mol. The monoisotopic (exact) mass is 440 g/mol. The van der Waals surface area contributed by atoms with E-state index in [2.05, 4.69) is 0 Å². The molecule has 3 aromatic carbocycles. The number of benzene rings is 3. The van der Waals surface area contributed by atoms with Gasteiger partial charge in [-0.1, -0.05) is 53.5 Å². The van der Waals surface area contributed by atoms with Crippen molar-refractivity contribution in [2.24, 2.45) is 0 Å². The summed E-state index contributed by atoms with van der Waals surface area (Å²) in [5.74, 6) is -1.47. The molecule has 0 spiro atoms. The lowest BCUT2D eigenvalue weighted by Crippen LogP contribution is -2.34. The molecule has 0 unspecified atom stereocenters. The van der Waals surface area contributed by atoms with E-state index in [1.807, 2.05) is 30.3 Å². The van der Waals surface area contributed by atoms with E-state index >= 15 is 0 Å². The van der Waals surface area contributed by atoms with Crippen LogP contribution in [0.5, 0.6) is 0 Å². The van der Waals surface area contributed by atoms with Gasteiger partial charge in [-0.3, -0.25) is 9.59 Å². The number of para-hydroxylation sites is 1. The lowest BCUT2D eigenvalue weighted by Gasteiger charge is -2.21. The molecule has 0 aliphatic carbocycles. The number of carbonyl (C=O) groups is 2. The van der Waals surface area contributed by atoms with E-state index in [0.717, 1.165) is 10.6 Å². The Morgan fingerprint density at radius 1 is 0.833 bits per heavy atom. The molecule has 4 rings (SSSR count). The van der Waals surface area contributed by atoms with Gasteiger partial charge in [0, 0.05) is 12.7 Å². The third-order valence-electron chi connectivity index (χ3n) is 4.83. The average molecular weight is 441 g/mol. The van der Waals surface area contributed by atoms with Crippen LogP contribution in [-0.2, 0) is 9.59 Å². The Hall–Kier alpha value is -3.15. The van der Waals surface area contributed by atoms with Crippen molar-refractivity contribution >= 4 is 52.0 Å². The molecule has 1 heterocycles. The molecule has 0 aromatic heterocycles. The highest BCUT2D eigenvalue weighted by molar-refractivity contribution is 6.47. The number of rotatable bonds is 4. The van der Waals surface area contributed by atoms with E-state index in [0.29, 0.717) is 16.3 Å². The Labute approximate surface area is 182 Å². The maximum atomic E-state index is 13.5. The lowest BCUT2D eigenvalue weighted by molar-refractivity contribution is -0.120. The second-order valence-electron chi connectivity index (χ2n) is 6.67. The Kier molecular flexibility index (Phi) is 5.33. The Bertz CT molecular complexity index is 1180. The van der Waals surface area contributed by atoms with Gasteiger partial charge in [-0.2, -0.15) is 0 Å². The van der Waals surface area contributed by atoms with E-state index in [1.54, 1.807) is 18.0 Å². The zero-order valence-electron chi connectivity index (χ0n) is 15.8. The number of imide groups is 1. The Morgan fingerprint density at radius 3 is 2.13 bits per heavy atom. The molecule has 30 heavy (non-hydrogen) atoms. The van der Waals surface area contributed by atoms with Gasteiger partial charge in [0.25, 0.3) is 11.8 Å². The molecule has 0 N–H and O–H groups in total. The van der Waals surface area contributed by atoms with Crippen LogP contribution in [0.3, 0.4) is 0 Å². The fourth-order valence-electron chi connectivity index (χ4n) is 3.35. The van der Waals surface area contributed by atoms with Crippen molar-refractivity contribution in [2.75, 3.05) is 16.8 Å². The number of hydrogen-bond acceptors (Lipinski definition) is 3. The standard InChI is InChI=1S/C23H15Cl2FN2O2/c1-27(16-5-3-2-4-6-16)21-20(14-7-9-15(26)10-8-14)22(29)28(23(21)30)17-11-12-18(24)19(25)13-17/h2-13H,1H3. The predicted molar refractivity (Wildman–Crippen MR) is 117 cm³/mol. The highest BCUT2D eigenvalue weighted by Crippen LogP contribution is 2.37. The Morgan fingerprint density at radius 2 is 1.50 bits per heavy atom. The first-order chi connectivity index (χ1) is 14.4. The van der Waals surface area contributed by atoms with Crippen LogP contribution in [0.25, 0.3) is 5.57 Å². The molecule has 0 saturated carbocycles. The van der Waals surface area contributed by atoms with Crippen molar-refractivity contribution in [1.29, 1.82) is 0 Å². The summed E-state index contributed by atoms with van der Waals surface area (Å²) in [7, 11) is 1.71. The minimum absolute atomic E-state index is 0.178. The maximum absolute atomic E-state index is 13.5. The zero-order valence-corrected chi connectivity index (χ0v) is 17.3. The fraction of sp³-hybridized carbons (Fsp3) is 0.0435. The van der Waals surface area contributed by atoms with Gasteiger partial charge in [0.05, 0.1) is 21.3 Å². The van der Waals surface area contributed by atoms with Gasteiger partial charge < -0.3 is 4.90 Å². The van der Waals surface area contributed by atoms with Gasteiger partial charge in [0.2, 0.25) is 0 Å². The summed E-state index contributed by atoms with van der Waals surface area (Å²) in [6, 6.07) is 19.2. The highest BCUT2D eigenvalue weighted by Gasteiger charge is 2.42. The zero-order chi connectivity index (χ0) is 21.4. The third-order valence-corrected chi connectivity index (χ3v) is 5.57. The average Bonchev–Trinajstić information content (AvgIpc) is 3.01. The fourth-order valence-corrected chi connectivity index (χ4v) is 3.64. The summed E-state index contributed by atoms with van der Waals surface area (Å²) in [4.78, 5) is 29.5. The van der Waals surface area contributed by atoms with Crippen LogP contribution in [0.4, 0.5) is 15.8 Å². The van der Waals surface area contributed by atoms with Crippen LogP contribution in [-0.4, -0.2) is 18.9 Å². The second-order valence-corrected chi connectivity index (χ2v) is 7.48. The first-order valence-corrected chi connectivity index (χ1v) is 9.77. The van der Waals surface area contributed by atoms with Crippen LogP contribution < -0.4 is 9.80 Å². The summed E-state index contributed by atoms with van der Waals surface area (Å²) in [6.45, 7) is 0. The summed E-state index contributed by atoms with van der Waals surface area (Å²) in [6.07, 6.45) is 0. The maximum Gasteiger partial charge on any atom is 0.282 e. The van der Waals surface area contributed by atoms with Gasteiger partial charge in [-0.15, -0.1) is 0 Å². The summed E-state index contributed by atoms with van der Waals surface area (Å²) < 4.78 is 13.5. The van der Waals surface area contributed by atoms with Crippen molar-refractivity contribution in [3.05, 3.63) is 99.9 Å². The molecule has 0 radical (unpaired) electrons. The van der Waals surface area contributed by atoms with Gasteiger partial charge >= 0.3 is 0 Å². The predicted octanol–water partition coefficient (Wildman–Crippen LogP) is 5.55. The van der Waals surface area contributed by atoms with Gasteiger partial charge in [0.1, 0.15) is 11.5 Å². The minimum Gasteiger partial charge on any atom is -0.339 e. The number of likely N-dealkylation sites (N-methyl/N-ethyl adjacent to an activating group) is 1. The number of amides is 2. The summed E-state index contributed by atoms with van der Waals surface area (Å²) in [5, 5.41) is 0.538. The molecule has 150 valence electrons. The van der Waals surface area contributed by atoms with Crippen LogP contribution in [0.1, 0.15) is 5.56 Å². The number of anilines is 2. The summed E-state index contributed by atoms with van der Waals surface area (Å²) >= 11 is 12.1. The van der Waals surface area contributed by atoms with Crippen LogP contribution in [0, 0.1) is 5.82 Å². The molecule has 0 saturated heterocycles. The normalized spacial score (nSPS) is 13.9. The number of carbonyl (C=O) groups excluding carboxylic acids is 2. The van der Waals surface area contributed by atoms with E-state index < -0.39 is 17.6 Å². The molecular formula is C23H15Cl2FN2O2. The number of nitrogens with zero attached hydrogens (tertiary/aromatic N) is 2. The molecule has 3 aromatic rings. The topological polar surface area (TPSA) is 40.6 Å². The van der Waals surface area contributed by atoms with Crippen LogP contribution in [0.15, 0.2) is 78.5 Å². The van der Waals surface area contributed by atoms with Gasteiger partial charge in [-0.05, 0) is 48.0 Å². The lowest BCUT2D eigenvalue weighted by atomic mass is 10.0. The van der Waals surface area contributed by atoms with Crippen molar-refractivity contribution < 1.29 is 14.0 Å². The molecule has 0 bridgehead atoms. The van der Waals surface area contributed by atoms with Crippen molar-refractivity contribution in [1.82, 2.24) is 0 Å². The van der Waals surface area contributed by atoms with Crippen molar-refractivity contribution in [3.8, 4) is 0 Å². The van der Waals surface area contributed by atoms with E-state index in [9.17, 15) is 14.0 Å². The molecule has 4 nitrogen and oxygen atoms in total. The smallest absolute Gasteiger partial charge is 0.282 e. The quantitative estimate of drug-likeness (QED) is 0.499. The molecule has 2 amide bonds. The highest BCUT2D eigenvalue weighted by atomic mass is 35.5. The van der Waals surface area contributed by atoms with E-state index in [-0.39, 0.29) is 16.3 Å². The molecule has 1 aliphatic rings. The first kappa shape index (κ1) is 20.1. The van der Waals surface area contributed by atoms with Crippen molar-refractivity contribution in [3.63, 3.8) is 0 Å². The SMILES string of the molecule is CN(C1=C(c2ccc(F)cc2)C(=O)N(c2ccc(Cl)c(Cl)c2)C1=O)c1ccccc1. The third kappa shape index (κ3) is 3.47. The first-order valence-electron chi connectivity index (χ1n) is 9.01. The molecule has 7 heteroatoms. The Balaban J connectivity index is 1.88. The number of halogens is 3. The van der Waals surface area contributed by atoms with Gasteiger partial charge in [-0.25, -0.2) is 9.29 Å². The van der Waals surface area contributed by atoms with Gasteiger partial charge in [0.15, 0.2) is 0 Å². The number of hydrogen-bond donors (Lipinski definition) is 0. The van der Waals surface area contributed by atoms with Crippen molar-refractivity contribution in [2.45, 2.75) is 0 Å². The van der Waals surface area contributed by atoms with E-state index in [1.165, 1.54) is 36.4 Å². The summed E-state index contributed by atoms with van der Waals surface area (Å²) in [5.41, 5.74) is 1.83. The second kappa shape index (κ2) is 7.94. The van der Waals surface area contributed by atoms with Crippen LogP contribution >= 0.6 is 23.2 Å².